The van der Waals surface area contributed by atoms with Crippen molar-refractivity contribution in [1.29, 1.82) is 5.26 Å². The molecule has 0 saturated heterocycles. The molecule has 2 aromatic rings. The number of anilines is 1. The Labute approximate surface area is 137 Å². The molecule has 0 saturated carbocycles. The Morgan fingerprint density at radius 2 is 2.05 bits per heavy atom. The Kier molecular flexibility index (Phi) is 3.86. The van der Waals surface area contributed by atoms with Gasteiger partial charge in [0.25, 0.3) is 0 Å². The predicted octanol–water partition coefficient (Wildman–Crippen LogP) is 3.89. The minimum absolute atomic E-state index is 0.0343. The second kappa shape index (κ2) is 5.82. The topological polar surface area (TPSA) is 47.3 Å². The molecule has 0 N–H and O–H groups in total. The molecule has 1 heterocycles. The molecule has 1 aliphatic rings. The van der Waals surface area contributed by atoms with E-state index in [0.717, 1.165) is 21.3 Å². The van der Waals surface area contributed by atoms with Gasteiger partial charge in [-0.1, -0.05) is 34.1 Å². The molecule has 0 spiro atoms. The van der Waals surface area contributed by atoms with Gasteiger partial charge >= 0.3 is 6.03 Å². The maximum atomic E-state index is 12.5. The zero-order chi connectivity index (χ0) is 15.7. The zero-order valence-electron chi connectivity index (χ0n) is 12.1. The predicted molar refractivity (Wildman–Crippen MR) is 88.3 cm³/mol. The van der Waals surface area contributed by atoms with Gasteiger partial charge in [0.1, 0.15) is 0 Å². The first kappa shape index (κ1) is 14.6. The van der Waals surface area contributed by atoms with Crippen LogP contribution in [0.1, 0.15) is 16.7 Å². The van der Waals surface area contributed by atoms with Gasteiger partial charge in [-0.2, -0.15) is 5.26 Å². The Morgan fingerprint density at radius 3 is 2.82 bits per heavy atom. The van der Waals surface area contributed by atoms with Crippen LogP contribution < -0.4 is 4.90 Å². The SMILES string of the molecule is CN1Cc2c(Br)cccc2N(Cc2cccc(C#N)c2)C1=O. The van der Waals surface area contributed by atoms with E-state index in [1.165, 1.54) is 0 Å². The minimum Gasteiger partial charge on any atom is -0.323 e. The molecular weight excluding hydrogens is 342 g/mol. The summed E-state index contributed by atoms with van der Waals surface area (Å²) in [4.78, 5) is 16.0. The van der Waals surface area contributed by atoms with Crippen molar-refractivity contribution >= 4 is 27.6 Å². The van der Waals surface area contributed by atoms with E-state index in [4.69, 9.17) is 5.26 Å². The van der Waals surface area contributed by atoms with Crippen LogP contribution >= 0.6 is 15.9 Å². The average Bonchev–Trinajstić information content (AvgIpc) is 2.53. The maximum Gasteiger partial charge on any atom is 0.324 e. The van der Waals surface area contributed by atoms with Gasteiger partial charge in [-0.15, -0.1) is 0 Å². The highest BCUT2D eigenvalue weighted by Crippen LogP contribution is 2.34. The van der Waals surface area contributed by atoms with Crippen LogP contribution in [0, 0.1) is 11.3 Å². The standard InChI is InChI=1S/C17H14BrN3O/c1-20-11-14-15(18)6-3-7-16(14)21(17(20)22)10-13-5-2-4-12(8-13)9-19/h2-8H,10-11H2,1H3. The summed E-state index contributed by atoms with van der Waals surface area (Å²) >= 11 is 3.56. The molecule has 0 fully saturated rings. The molecule has 4 nitrogen and oxygen atoms in total. The Balaban J connectivity index is 2.01. The summed E-state index contributed by atoms with van der Waals surface area (Å²) in [6.07, 6.45) is 0. The monoisotopic (exact) mass is 355 g/mol. The van der Waals surface area contributed by atoms with E-state index in [0.29, 0.717) is 18.7 Å². The van der Waals surface area contributed by atoms with Crippen molar-refractivity contribution in [3.8, 4) is 6.07 Å². The van der Waals surface area contributed by atoms with Crippen molar-refractivity contribution < 1.29 is 4.79 Å². The summed E-state index contributed by atoms with van der Waals surface area (Å²) in [5.41, 5.74) is 3.55. The summed E-state index contributed by atoms with van der Waals surface area (Å²) in [6, 6.07) is 15.3. The van der Waals surface area contributed by atoms with E-state index in [-0.39, 0.29) is 6.03 Å². The minimum atomic E-state index is -0.0343. The molecule has 0 unspecified atom stereocenters. The average molecular weight is 356 g/mol. The van der Waals surface area contributed by atoms with Crippen LogP contribution in [0.4, 0.5) is 10.5 Å². The van der Waals surface area contributed by atoms with Crippen LogP contribution in [0.2, 0.25) is 0 Å². The third kappa shape index (κ3) is 2.58. The van der Waals surface area contributed by atoms with Crippen LogP contribution in [-0.2, 0) is 13.1 Å². The molecule has 22 heavy (non-hydrogen) atoms. The van der Waals surface area contributed by atoms with E-state index in [1.807, 2.05) is 36.4 Å². The van der Waals surface area contributed by atoms with Gasteiger partial charge in [-0.05, 0) is 29.8 Å². The number of halogens is 1. The van der Waals surface area contributed by atoms with Crippen LogP contribution in [0.3, 0.4) is 0 Å². The lowest BCUT2D eigenvalue weighted by atomic mass is 10.1. The smallest absolute Gasteiger partial charge is 0.323 e. The van der Waals surface area contributed by atoms with Crippen LogP contribution in [-0.4, -0.2) is 18.0 Å². The van der Waals surface area contributed by atoms with Gasteiger partial charge in [0, 0.05) is 17.1 Å². The number of benzene rings is 2. The van der Waals surface area contributed by atoms with Crippen LogP contribution in [0.15, 0.2) is 46.9 Å². The van der Waals surface area contributed by atoms with Gasteiger partial charge in [-0.3, -0.25) is 4.90 Å². The number of urea groups is 1. The number of hydrogen-bond acceptors (Lipinski definition) is 2. The van der Waals surface area contributed by atoms with Crippen molar-refractivity contribution in [3.63, 3.8) is 0 Å². The molecule has 0 atom stereocenters. The number of hydrogen-bond donors (Lipinski definition) is 0. The van der Waals surface area contributed by atoms with Crippen molar-refractivity contribution in [1.82, 2.24) is 4.90 Å². The van der Waals surface area contributed by atoms with Crippen LogP contribution in [0.5, 0.6) is 0 Å². The van der Waals surface area contributed by atoms with Gasteiger partial charge < -0.3 is 4.90 Å². The number of rotatable bonds is 2. The van der Waals surface area contributed by atoms with Crippen LogP contribution in [0.25, 0.3) is 0 Å². The molecule has 0 aromatic heterocycles. The molecule has 2 amide bonds. The molecule has 110 valence electrons. The lowest BCUT2D eigenvalue weighted by Crippen LogP contribution is -2.44. The Hall–Kier alpha value is -2.32. The molecule has 0 bridgehead atoms. The van der Waals surface area contributed by atoms with Gasteiger partial charge in [-0.25, -0.2) is 4.79 Å². The maximum absolute atomic E-state index is 12.5. The van der Waals surface area contributed by atoms with E-state index >= 15 is 0 Å². The molecule has 2 aromatic carbocycles. The molecule has 1 aliphatic heterocycles. The first-order chi connectivity index (χ1) is 10.6. The number of amides is 2. The summed E-state index contributed by atoms with van der Waals surface area (Å²) in [7, 11) is 1.80. The van der Waals surface area contributed by atoms with E-state index in [9.17, 15) is 4.79 Å². The first-order valence-corrected chi connectivity index (χ1v) is 7.68. The van der Waals surface area contributed by atoms with E-state index in [1.54, 1.807) is 22.9 Å². The van der Waals surface area contributed by atoms with Gasteiger partial charge in [0.15, 0.2) is 0 Å². The Bertz CT molecular complexity index is 782. The highest BCUT2D eigenvalue weighted by atomic mass is 79.9. The number of nitriles is 1. The van der Waals surface area contributed by atoms with Gasteiger partial charge in [0.05, 0.1) is 30.4 Å². The second-order valence-electron chi connectivity index (χ2n) is 5.27. The lowest BCUT2D eigenvalue weighted by Gasteiger charge is -2.35. The zero-order valence-corrected chi connectivity index (χ0v) is 13.7. The second-order valence-corrected chi connectivity index (χ2v) is 6.13. The van der Waals surface area contributed by atoms with Crippen molar-refractivity contribution in [2.45, 2.75) is 13.1 Å². The summed E-state index contributed by atoms with van der Waals surface area (Å²) < 4.78 is 1.00. The molecule has 0 aliphatic carbocycles. The number of fused-ring (bicyclic) bond motifs is 1. The van der Waals surface area contributed by atoms with Crippen molar-refractivity contribution in [2.24, 2.45) is 0 Å². The highest BCUT2D eigenvalue weighted by molar-refractivity contribution is 9.10. The summed E-state index contributed by atoms with van der Waals surface area (Å²) in [6.45, 7) is 1.03. The first-order valence-electron chi connectivity index (χ1n) is 6.89. The third-order valence-corrected chi connectivity index (χ3v) is 4.48. The highest BCUT2D eigenvalue weighted by Gasteiger charge is 2.29. The third-order valence-electron chi connectivity index (χ3n) is 3.73. The molecule has 3 rings (SSSR count). The fourth-order valence-electron chi connectivity index (χ4n) is 2.65. The van der Waals surface area contributed by atoms with E-state index in [2.05, 4.69) is 22.0 Å². The quantitative estimate of drug-likeness (QED) is 0.820. The summed E-state index contributed by atoms with van der Waals surface area (Å²) in [5.74, 6) is 0. The molecule has 0 radical (unpaired) electrons. The van der Waals surface area contributed by atoms with Gasteiger partial charge in [0.2, 0.25) is 0 Å². The lowest BCUT2D eigenvalue weighted by molar-refractivity contribution is 0.210. The Morgan fingerprint density at radius 1 is 1.27 bits per heavy atom. The molecular formula is C17H14BrN3O. The van der Waals surface area contributed by atoms with E-state index < -0.39 is 0 Å². The summed E-state index contributed by atoms with van der Waals surface area (Å²) in [5, 5.41) is 9.01. The fourth-order valence-corrected chi connectivity index (χ4v) is 3.13. The number of nitrogens with zero attached hydrogens (tertiary/aromatic N) is 3. The largest absolute Gasteiger partial charge is 0.324 e. The van der Waals surface area contributed by atoms with Crippen molar-refractivity contribution in [2.75, 3.05) is 11.9 Å². The number of carbonyl (C=O) groups excluding carboxylic acids is 1. The number of carbonyl (C=O) groups is 1. The van der Waals surface area contributed by atoms with Crippen molar-refractivity contribution in [3.05, 3.63) is 63.6 Å². The normalized spacial score (nSPS) is 13.8. The molecule has 5 heteroatoms. The fraction of sp³-hybridized carbons (Fsp3) is 0.176.